The minimum Gasteiger partial charge on any atom is -0.496 e. The third-order valence-corrected chi connectivity index (χ3v) is 5.17. The predicted octanol–water partition coefficient (Wildman–Crippen LogP) is 2.00. The zero-order valence-corrected chi connectivity index (χ0v) is 14.5. The van der Waals surface area contributed by atoms with Crippen molar-refractivity contribution in [2.24, 2.45) is 11.8 Å². The van der Waals surface area contributed by atoms with E-state index >= 15 is 0 Å². The number of piperidine rings is 1. The second-order valence-electron chi connectivity index (χ2n) is 6.97. The summed E-state index contributed by atoms with van der Waals surface area (Å²) in [6, 6.07) is 7.85. The number of benzene rings is 1. The van der Waals surface area contributed by atoms with Crippen LogP contribution in [0.4, 0.5) is 0 Å². The maximum atomic E-state index is 12.5. The van der Waals surface area contributed by atoms with Crippen LogP contribution in [0.5, 0.6) is 5.75 Å². The molecule has 0 bridgehead atoms. The molecule has 1 N–H and O–H groups in total. The van der Waals surface area contributed by atoms with Crippen LogP contribution in [-0.4, -0.2) is 43.0 Å². The fourth-order valence-corrected chi connectivity index (χ4v) is 3.39. The quantitative estimate of drug-likeness (QED) is 0.898. The number of ether oxygens (including phenoxy) is 1. The number of para-hydroxylation sites is 1. The summed E-state index contributed by atoms with van der Waals surface area (Å²) in [5.41, 5.74) is 0.920. The highest BCUT2D eigenvalue weighted by molar-refractivity contribution is 5.82. The fourth-order valence-electron chi connectivity index (χ4n) is 3.39. The molecule has 0 spiro atoms. The lowest BCUT2D eigenvalue weighted by atomic mass is 10.0. The van der Waals surface area contributed by atoms with Gasteiger partial charge < -0.3 is 15.0 Å². The fraction of sp³-hybridized carbons (Fsp3) is 0.579. The van der Waals surface area contributed by atoms with Crippen LogP contribution in [0.3, 0.4) is 0 Å². The molecule has 0 radical (unpaired) electrons. The molecule has 1 aromatic carbocycles. The van der Waals surface area contributed by atoms with Gasteiger partial charge in [-0.15, -0.1) is 0 Å². The summed E-state index contributed by atoms with van der Waals surface area (Å²) in [6.07, 6.45) is 3.05. The zero-order valence-electron chi connectivity index (χ0n) is 14.5. The second kappa shape index (κ2) is 7.24. The molecule has 2 fully saturated rings. The van der Waals surface area contributed by atoms with Crippen LogP contribution >= 0.6 is 0 Å². The molecule has 2 atom stereocenters. The minimum absolute atomic E-state index is 0.125. The Morgan fingerprint density at radius 3 is 2.54 bits per heavy atom. The van der Waals surface area contributed by atoms with Crippen molar-refractivity contribution in [3.63, 3.8) is 0 Å². The van der Waals surface area contributed by atoms with Gasteiger partial charge in [0.05, 0.1) is 13.5 Å². The molecule has 1 heterocycles. The van der Waals surface area contributed by atoms with Crippen LogP contribution in [0.2, 0.25) is 0 Å². The number of nitrogens with zero attached hydrogens (tertiary/aromatic N) is 1. The maximum absolute atomic E-state index is 12.5. The highest BCUT2D eigenvalue weighted by Crippen LogP contribution is 2.37. The molecule has 2 aliphatic rings. The third-order valence-electron chi connectivity index (χ3n) is 5.17. The number of likely N-dealkylation sites (tertiary alicyclic amines) is 1. The monoisotopic (exact) mass is 330 g/mol. The van der Waals surface area contributed by atoms with Crippen LogP contribution in [0.25, 0.3) is 0 Å². The van der Waals surface area contributed by atoms with Crippen molar-refractivity contribution in [2.75, 3.05) is 20.2 Å². The summed E-state index contributed by atoms with van der Waals surface area (Å²) in [4.78, 5) is 26.4. The van der Waals surface area contributed by atoms with Gasteiger partial charge in [-0.3, -0.25) is 9.59 Å². The third kappa shape index (κ3) is 3.89. The summed E-state index contributed by atoms with van der Waals surface area (Å²) in [6.45, 7) is 3.53. The van der Waals surface area contributed by atoms with Gasteiger partial charge in [0.15, 0.2) is 0 Å². The largest absolute Gasteiger partial charge is 0.496 e. The number of nitrogens with one attached hydrogen (secondary N) is 1. The molecule has 2 unspecified atom stereocenters. The van der Waals surface area contributed by atoms with Crippen molar-refractivity contribution >= 4 is 11.8 Å². The Bertz CT molecular complexity index is 608. The molecule has 2 amide bonds. The average molecular weight is 330 g/mol. The van der Waals surface area contributed by atoms with Gasteiger partial charge in [0.25, 0.3) is 0 Å². The zero-order chi connectivity index (χ0) is 17.1. The van der Waals surface area contributed by atoms with E-state index in [-0.39, 0.29) is 23.8 Å². The predicted molar refractivity (Wildman–Crippen MR) is 91.7 cm³/mol. The van der Waals surface area contributed by atoms with Gasteiger partial charge in [-0.2, -0.15) is 0 Å². The van der Waals surface area contributed by atoms with Crippen LogP contribution < -0.4 is 10.1 Å². The van der Waals surface area contributed by atoms with E-state index in [9.17, 15) is 9.59 Å². The molecule has 5 nitrogen and oxygen atoms in total. The number of carbonyl (C=O) groups excluding carboxylic acids is 2. The minimum atomic E-state index is 0.125. The maximum Gasteiger partial charge on any atom is 0.227 e. The van der Waals surface area contributed by atoms with E-state index in [1.54, 1.807) is 7.11 Å². The SMILES string of the molecule is COc1ccccc1CC(=O)N1CCC(NC(=O)C2CC2C)CC1. The summed E-state index contributed by atoms with van der Waals surface area (Å²) in [7, 11) is 1.62. The van der Waals surface area contributed by atoms with Crippen molar-refractivity contribution in [1.29, 1.82) is 0 Å². The van der Waals surface area contributed by atoms with Gasteiger partial charge in [-0.05, 0) is 31.2 Å². The average Bonchev–Trinajstić information content (AvgIpc) is 3.33. The van der Waals surface area contributed by atoms with Crippen LogP contribution in [0.1, 0.15) is 31.7 Å². The number of methoxy groups -OCH3 is 1. The number of rotatable bonds is 5. The molecule has 130 valence electrons. The van der Waals surface area contributed by atoms with Gasteiger partial charge in [-0.1, -0.05) is 25.1 Å². The summed E-state index contributed by atoms with van der Waals surface area (Å²) in [5, 5.41) is 3.14. The molecule has 1 aliphatic carbocycles. The number of carbonyl (C=O) groups is 2. The molecule has 1 aromatic rings. The van der Waals surface area contributed by atoms with Crippen LogP contribution in [0, 0.1) is 11.8 Å². The van der Waals surface area contributed by atoms with Crippen molar-refractivity contribution in [3.05, 3.63) is 29.8 Å². The summed E-state index contributed by atoms with van der Waals surface area (Å²) >= 11 is 0. The Labute approximate surface area is 143 Å². The lowest BCUT2D eigenvalue weighted by Crippen LogP contribution is -2.47. The van der Waals surface area contributed by atoms with Crippen molar-refractivity contribution in [3.8, 4) is 5.75 Å². The lowest BCUT2D eigenvalue weighted by molar-refractivity contribution is -0.131. The normalized spacial score (nSPS) is 23.7. The van der Waals surface area contributed by atoms with Gasteiger partial charge in [0, 0.05) is 30.6 Å². The molecular formula is C19H26N2O3. The summed E-state index contributed by atoms with van der Waals surface area (Å²) in [5.74, 6) is 1.83. The number of hydrogen-bond donors (Lipinski definition) is 1. The second-order valence-corrected chi connectivity index (χ2v) is 6.97. The molecule has 1 saturated heterocycles. The Morgan fingerprint density at radius 2 is 1.92 bits per heavy atom. The van der Waals surface area contributed by atoms with E-state index in [1.807, 2.05) is 29.2 Å². The highest BCUT2D eigenvalue weighted by Gasteiger charge is 2.40. The molecule has 1 saturated carbocycles. The van der Waals surface area contributed by atoms with E-state index in [2.05, 4.69) is 12.2 Å². The first-order valence-electron chi connectivity index (χ1n) is 8.78. The van der Waals surface area contributed by atoms with E-state index in [0.29, 0.717) is 25.4 Å². The molecule has 24 heavy (non-hydrogen) atoms. The Hall–Kier alpha value is -2.04. The Kier molecular flexibility index (Phi) is 5.07. The topological polar surface area (TPSA) is 58.6 Å². The molecule has 0 aromatic heterocycles. The van der Waals surface area contributed by atoms with Gasteiger partial charge in [0.2, 0.25) is 11.8 Å². The first-order chi connectivity index (χ1) is 11.6. The smallest absolute Gasteiger partial charge is 0.227 e. The van der Waals surface area contributed by atoms with Crippen molar-refractivity contribution < 1.29 is 14.3 Å². The standard InChI is InChI=1S/C19H26N2O3/c1-13-11-16(13)19(23)20-15-7-9-21(10-8-15)18(22)12-14-5-3-4-6-17(14)24-2/h3-6,13,15-16H,7-12H2,1-2H3,(H,20,23). The first-order valence-corrected chi connectivity index (χ1v) is 8.78. The molecular weight excluding hydrogens is 304 g/mol. The first kappa shape index (κ1) is 16.8. The molecule has 3 rings (SSSR count). The van der Waals surface area contributed by atoms with Crippen LogP contribution in [-0.2, 0) is 16.0 Å². The van der Waals surface area contributed by atoms with E-state index < -0.39 is 0 Å². The van der Waals surface area contributed by atoms with Gasteiger partial charge in [-0.25, -0.2) is 0 Å². The van der Waals surface area contributed by atoms with Gasteiger partial charge in [0.1, 0.15) is 5.75 Å². The Balaban J connectivity index is 1.47. The Morgan fingerprint density at radius 1 is 1.25 bits per heavy atom. The van der Waals surface area contributed by atoms with E-state index in [1.165, 1.54) is 0 Å². The number of amides is 2. The van der Waals surface area contributed by atoms with E-state index in [0.717, 1.165) is 30.6 Å². The molecule has 1 aliphatic heterocycles. The lowest BCUT2D eigenvalue weighted by Gasteiger charge is -2.32. The summed E-state index contributed by atoms with van der Waals surface area (Å²) < 4.78 is 5.31. The highest BCUT2D eigenvalue weighted by atomic mass is 16.5. The van der Waals surface area contributed by atoms with Crippen molar-refractivity contribution in [1.82, 2.24) is 10.2 Å². The number of hydrogen-bond acceptors (Lipinski definition) is 3. The van der Waals surface area contributed by atoms with E-state index in [4.69, 9.17) is 4.74 Å². The van der Waals surface area contributed by atoms with Crippen LogP contribution in [0.15, 0.2) is 24.3 Å². The van der Waals surface area contributed by atoms with Crippen molar-refractivity contribution in [2.45, 2.75) is 38.6 Å². The molecule has 5 heteroatoms. The van der Waals surface area contributed by atoms with Gasteiger partial charge >= 0.3 is 0 Å².